The standard InChI is InChI=1S/C9H5F2N3O2/c10-9(11)15-7-2-1-6(5-8(7)16-9)14-4-3-12-13-14/h1-5H. The van der Waals surface area contributed by atoms with Crippen LogP contribution in [0.4, 0.5) is 8.78 Å². The van der Waals surface area contributed by atoms with Crippen LogP contribution < -0.4 is 9.47 Å². The first-order valence-electron chi connectivity index (χ1n) is 4.41. The van der Waals surface area contributed by atoms with Gasteiger partial charge < -0.3 is 9.47 Å². The first-order chi connectivity index (χ1) is 7.64. The molecule has 0 saturated heterocycles. The van der Waals surface area contributed by atoms with Gasteiger partial charge in [0.2, 0.25) is 0 Å². The molecule has 1 aromatic heterocycles. The van der Waals surface area contributed by atoms with Gasteiger partial charge in [-0.05, 0) is 12.1 Å². The number of hydrogen-bond acceptors (Lipinski definition) is 4. The fourth-order valence-electron chi connectivity index (χ4n) is 1.43. The van der Waals surface area contributed by atoms with E-state index in [-0.39, 0.29) is 11.5 Å². The highest BCUT2D eigenvalue weighted by molar-refractivity contribution is 5.50. The Morgan fingerprint density at radius 1 is 1.19 bits per heavy atom. The maximum absolute atomic E-state index is 12.7. The lowest BCUT2D eigenvalue weighted by Crippen LogP contribution is -2.25. The Kier molecular flexibility index (Phi) is 1.65. The molecule has 1 aromatic carbocycles. The summed E-state index contributed by atoms with van der Waals surface area (Å²) in [5, 5.41) is 7.34. The first kappa shape index (κ1) is 9.08. The predicted octanol–water partition coefficient (Wildman–Crippen LogP) is 1.59. The van der Waals surface area contributed by atoms with Crippen molar-refractivity contribution >= 4 is 0 Å². The summed E-state index contributed by atoms with van der Waals surface area (Å²) in [7, 11) is 0. The number of hydrogen-bond donors (Lipinski definition) is 0. The molecule has 82 valence electrons. The van der Waals surface area contributed by atoms with Crippen molar-refractivity contribution in [3.63, 3.8) is 0 Å². The summed E-state index contributed by atoms with van der Waals surface area (Å²) in [5.74, 6) is -0.00753. The van der Waals surface area contributed by atoms with Crippen molar-refractivity contribution in [2.45, 2.75) is 6.29 Å². The average Bonchev–Trinajstić information content (AvgIpc) is 2.80. The molecule has 0 radical (unpaired) electrons. The summed E-state index contributed by atoms with van der Waals surface area (Å²) in [6.07, 6.45) is -0.516. The smallest absolute Gasteiger partial charge is 0.395 e. The van der Waals surface area contributed by atoms with Gasteiger partial charge in [0, 0.05) is 6.07 Å². The highest BCUT2D eigenvalue weighted by atomic mass is 19.3. The van der Waals surface area contributed by atoms with Gasteiger partial charge in [-0.25, -0.2) is 4.68 Å². The SMILES string of the molecule is FC1(F)Oc2ccc(-n3ccnn3)cc2O1. The molecule has 3 rings (SSSR count). The maximum Gasteiger partial charge on any atom is 0.586 e. The number of benzene rings is 1. The zero-order valence-electron chi connectivity index (χ0n) is 7.80. The summed E-state index contributed by atoms with van der Waals surface area (Å²) in [6.45, 7) is 0. The van der Waals surface area contributed by atoms with E-state index < -0.39 is 6.29 Å². The summed E-state index contributed by atoms with van der Waals surface area (Å²) in [4.78, 5) is 0. The molecule has 5 nitrogen and oxygen atoms in total. The fraction of sp³-hybridized carbons (Fsp3) is 0.111. The molecule has 0 saturated carbocycles. The van der Waals surface area contributed by atoms with Crippen LogP contribution in [0.2, 0.25) is 0 Å². The highest BCUT2D eigenvalue weighted by Crippen LogP contribution is 2.41. The Morgan fingerprint density at radius 2 is 2.00 bits per heavy atom. The topological polar surface area (TPSA) is 49.2 Å². The van der Waals surface area contributed by atoms with Crippen LogP contribution in [0.15, 0.2) is 30.6 Å². The minimum Gasteiger partial charge on any atom is -0.395 e. The van der Waals surface area contributed by atoms with Crippen LogP contribution in [-0.4, -0.2) is 21.3 Å². The van der Waals surface area contributed by atoms with E-state index >= 15 is 0 Å². The van der Waals surface area contributed by atoms with Gasteiger partial charge in [-0.3, -0.25) is 0 Å². The number of halogens is 2. The van der Waals surface area contributed by atoms with Crippen molar-refractivity contribution in [2.24, 2.45) is 0 Å². The van der Waals surface area contributed by atoms with Crippen LogP contribution >= 0.6 is 0 Å². The third-order valence-electron chi connectivity index (χ3n) is 2.07. The number of ether oxygens (including phenoxy) is 2. The van der Waals surface area contributed by atoms with E-state index in [9.17, 15) is 8.78 Å². The molecular weight excluding hydrogens is 220 g/mol. The van der Waals surface area contributed by atoms with E-state index in [1.165, 1.54) is 23.0 Å². The van der Waals surface area contributed by atoms with E-state index in [4.69, 9.17) is 0 Å². The zero-order chi connectivity index (χ0) is 11.2. The Bertz CT molecular complexity index is 528. The largest absolute Gasteiger partial charge is 0.586 e. The van der Waals surface area contributed by atoms with E-state index in [0.717, 1.165) is 0 Å². The maximum atomic E-state index is 12.7. The molecule has 0 aliphatic carbocycles. The normalized spacial score (nSPS) is 16.4. The van der Waals surface area contributed by atoms with Gasteiger partial charge >= 0.3 is 6.29 Å². The predicted molar refractivity (Wildman–Crippen MR) is 47.6 cm³/mol. The minimum atomic E-state index is -3.59. The van der Waals surface area contributed by atoms with Gasteiger partial charge in [-0.2, -0.15) is 0 Å². The van der Waals surface area contributed by atoms with E-state index in [1.807, 2.05) is 0 Å². The second kappa shape index (κ2) is 2.91. The zero-order valence-corrected chi connectivity index (χ0v) is 7.80. The van der Waals surface area contributed by atoms with Gasteiger partial charge in [-0.15, -0.1) is 13.9 Å². The Hall–Kier alpha value is -2.18. The number of nitrogens with zero attached hydrogens (tertiary/aromatic N) is 3. The fourth-order valence-corrected chi connectivity index (χ4v) is 1.43. The average molecular weight is 225 g/mol. The third-order valence-corrected chi connectivity index (χ3v) is 2.07. The second-order valence-corrected chi connectivity index (χ2v) is 3.15. The van der Waals surface area contributed by atoms with Crippen molar-refractivity contribution < 1.29 is 18.3 Å². The molecule has 0 spiro atoms. The molecule has 0 atom stereocenters. The van der Waals surface area contributed by atoms with Crippen LogP contribution in [0.1, 0.15) is 0 Å². The molecule has 1 aliphatic heterocycles. The van der Waals surface area contributed by atoms with Crippen LogP contribution in [0, 0.1) is 0 Å². The quantitative estimate of drug-likeness (QED) is 0.739. The molecule has 0 bridgehead atoms. The molecule has 7 heteroatoms. The van der Waals surface area contributed by atoms with Crippen molar-refractivity contribution in [3.8, 4) is 17.2 Å². The molecule has 2 heterocycles. The van der Waals surface area contributed by atoms with Crippen molar-refractivity contribution in [2.75, 3.05) is 0 Å². The molecule has 0 unspecified atom stereocenters. The number of rotatable bonds is 1. The van der Waals surface area contributed by atoms with Gasteiger partial charge in [0.15, 0.2) is 11.5 Å². The minimum absolute atomic E-state index is 0.00821. The number of aromatic nitrogens is 3. The van der Waals surface area contributed by atoms with E-state index in [2.05, 4.69) is 19.8 Å². The molecule has 0 fully saturated rings. The number of fused-ring (bicyclic) bond motifs is 1. The Morgan fingerprint density at radius 3 is 2.75 bits per heavy atom. The highest BCUT2D eigenvalue weighted by Gasteiger charge is 2.43. The summed E-state index contributed by atoms with van der Waals surface area (Å²) < 4.78 is 35.5. The van der Waals surface area contributed by atoms with Crippen LogP contribution in [0.5, 0.6) is 11.5 Å². The molecular formula is C9H5F2N3O2. The van der Waals surface area contributed by atoms with Crippen molar-refractivity contribution in [1.82, 2.24) is 15.0 Å². The van der Waals surface area contributed by atoms with Crippen LogP contribution in [-0.2, 0) is 0 Å². The first-order valence-corrected chi connectivity index (χ1v) is 4.41. The van der Waals surface area contributed by atoms with Crippen LogP contribution in [0.3, 0.4) is 0 Å². The molecule has 0 amide bonds. The Labute approximate surface area is 88.2 Å². The van der Waals surface area contributed by atoms with Gasteiger partial charge in [0.1, 0.15) is 0 Å². The van der Waals surface area contributed by atoms with Gasteiger partial charge in [0.05, 0.1) is 18.1 Å². The van der Waals surface area contributed by atoms with Crippen molar-refractivity contribution in [1.29, 1.82) is 0 Å². The van der Waals surface area contributed by atoms with Gasteiger partial charge in [0.25, 0.3) is 0 Å². The molecule has 1 aliphatic rings. The van der Waals surface area contributed by atoms with E-state index in [1.54, 1.807) is 12.3 Å². The molecule has 0 N–H and O–H groups in total. The summed E-state index contributed by atoms with van der Waals surface area (Å²) in [6, 6.07) is 4.39. The number of alkyl halides is 2. The third kappa shape index (κ3) is 1.37. The Balaban J connectivity index is 2.03. The van der Waals surface area contributed by atoms with Crippen molar-refractivity contribution in [3.05, 3.63) is 30.6 Å². The molecule has 2 aromatic rings. The summed E-state index contributed by atoms with van der Waals surface area (Å²) in [5.41, 5.74) is 0.567. The lowest BCUT2D eigenvalue weighted by molar-refractivity contribution is -0.286. The summed E-state index contributed by atoms with van der Waals surface area (Å²) >= 11 is 0. The monoisotopic (exact) mass is 225 g/mol. The molecule has 16 heavy (non-hydrogen) atoms. The van der Waals surface area contributed by atoms with Gasteiger partial charge in [-0.1, -0.05) is 5.21 Å². The lowest BCUT2D eigenvalue weighted by atomic mass is 10.3. The lowest BCUT2D eigenvalue weighted by Gasteiger charge is -2.04. The second-order valence-electron chi connectivity index (χ2n) is 3.15. The van der Waals surface area contributed by atoms with Crippen LogP contribution in [0.25, 0.3) is 5.69 Å². The van der Waals surface area contributed by atoms with E-state index in [0.29, 0.717) is 5.69 Å².